The van der Waals surface area contributed by atoms with Crippen molar-refractivity contribution in [3.63, 3.8) is 0 Å². The zero-order valence-electron chi connectivity index (χ0n) is 9.51. The number of carbonyl (C=O) groups excluding carboxylic acids is 3. The van der Waals surface area contributed by atoms with Gasteiger partial charge >= 0.3 is 17.8 Å². The zero-order chi connectivity index (χ0) is 13.4. The first-order valence-corrected chi connectivity index (χ1v) is 5.10. The van der Waals surface area contributed by atoms with E-state index in [0.29, 0.717) is 9.80 Å². The molecular formula is C11H10FN3O3. The summed E-state index contributed by atoms with van der Waals surface area (Å²) in [5.74, 6) is -2.59. The summed E-state index contributed by atoms with van der Waals surface area (Å²) in [6.07, 6.45) is 0. The number of hydrogen-bond acceptors (Lipinski definition) is 4. The molecule has 0 saturated carbocycles. The van der Waals surface area contributed by atoms with Crippen LogP contribution >= 0.6 is 0 Å². The summed E-state index contributed by atoms with van der Waals surface area (Å²) in [4.78, 5) is 35.7. The Balaban J connectivity index is 2.30. The van der Waals surface area contributed by atoms with Crippen molar-refractivity contribution in [1.29, 1.82) is 0 Å². The molecule has 4 amide bonds. The van der Waals surface area contributed by atoms with Crippen molar-refractivity contribution in [3.05, 3.63) is 29.6 Å². The Morgan fingerprint density at radius 1 is 1.22 bits per heavy atom. The number of hydrogen-bond donors (Lipinski definition) is 1. The van der Waals surface area contributed by atoms with Crippen LogP contribution in [0.3, 0.4) is 0 Å². The second kappa shape index (κ2) is 4.10. The fourth-order valence-electron chi connectivity index (χ4n) is 1.65. The molecule has 1 aromatic carbocycles. The van der Waals surface area contributed by atoms with E-state index in [4.69, 9.17) is 5.73 Å². The summed E-state index contributed by atoms with van der Waals surface area (Å²) < 4.78 is 13.6. The topological polar surface area (TPSA) is 83.7 Å². The molecular weight excluding hydrogens is 241 g/mol. The summed E-state index contributed by atoms with van der Waals surface area (Å²) >= 11 is 0. The van der Waals surface area contributed by atoms with Crippen molar-refractivity contribution in [3.8, 4) is 0 Å². The van der Waals surface area contributed by atoms with E-state index in [-0.39, 0.29) is 17.8 Å². The number of imide groups is 2. The maximum Gasteiger partial charge on any atom is 0.334 e. The Kier molecular flexibility index (Phi) is 2.74. The smallest absolute Gasteiger partial charge is 0.334 e. The van der Waals surface area contributed by atoms with Gasteiger partial charge in [-0.25, -0.2) is 9.18 Å². The van der Waals surface area contributed by atoms with Crippen LogP contribution in [0.25, 0.3) is 0 Å². The molecule has 0 spiro atoms. The molecule has 1 saturated heterocycles. The fraction of sp³-hybridized carbons (Fsp3) is 0.182. The van der Waals surface area contributed by atoms with Crippen LogP contribution in [0.5, 0.6) is 0 Å². The van der Waals surface area contributed by atoms with Gasteiger partial charge < -0.3 is 5.73 Å². The minimum atomic E-state index is -0.968. The maximum atomic E-state index is 13.6. The summed E-state index contributed by atoms with van der Waals surface area (Å²) in [6, 6.07) is 3.50. The minimum Gasteiger partial charge on any atom is -0.396 e. The van der Waals surface area contributed by atoms with Crippen LogP contribution in [0.4, 0.5) is 14.9 Å². The predicted octanol–water partition coefficient (Wildman–Crippen LogP) is 0.328. The minimum absolute atomic E-state index is 0.0775. The SMILES string of the molecule is CN1C(=O)C(=O)N(Cc2cccc(N)c2F)C1=O. The molecule has 18 heavy (non-hydrogen) atoms. The van der Waals surface area contributed by atoms with E-state index < -0.39 is 23.7 Å². The number of carbonyl (C=O) groups is 3. The fourth-order valence-corrected chi connectivity index (χ4v) is 1.65. The number of nitrogen functional groups attached to an aromatic ring is 1. The van der Waals surface area contributed by atoms with Crippen LogP contribution in [-0.4, -0.2) is 34.7 Å². The molecule has 1 aliphatic heterocycles. The standard InChI is InChI=1S/C11H10FN3O3/c1-14-9(16)10(17)15(11(14)18)5-6-3-2-4-7(13)8(6)12/h2-4H,5,13H2,1H3. The summed E-state index contributed by atoms with van der Waals surface area (Å²) in [7, 11) is 1.19. The average molecular weight is 251 g/mol. The maximum absolute atomic E-state index is 13.6. The molecule has 2 rings (SSSR count). The lowest BCUT2D eigenvalue weighted by Gasteiger charge is -2.13. The van der Waals surface area contributed by atoms with Gasteiger partial charge in [-0.2, -0.15) is 0 Å². The molecule has 2 N–H and O–H groups in total. The van der Waals surface area contributed by atoms with Crippen LogP contribution in [0, 0.1) is 5.82 Å². The number of nitrogens with zero attached hydrogens (tertiary/aromatic N) is 2. The third-order valence-electron chi connectivity index (χ3n) is 2.69. The van der Waals surface area contributed by atoms with Gasteiger partial charge in [-0.15, -0.1) is 0 Å². The van der Waals surface area contributed by atoms with Gasteiger partial charge in [0, 0.05) is 12.6 Å². The van der Waals surface area contributed by atoms with E-state index in [1.807, 2.05) is 0 Å². The predicted molar refractivity (Wildman–Crippen MR) is 59.5 cm³/mol. The third kappa shape index (κ3) is 1.69. The second-order valence-electron chi connectivity index (χ2n) is 3.86. The number of nitrogens with two attached hydrogens (primary N) is 1. The van der Waals surface area contributed by atoms with Crippen LogP contribution < -0.4 is 5.73 Å². The first kappa shape index (κ1) is 12.0. The largest absolute Gasteiger partial charge is 0.396 e. The molecule has 0 atom stereocenters. The van der Waals surface area contributed by atoms with Gasteiger partial charge in [-0.3, -0.25) is 19.4 Å². The molecule has 0 aromatic heterocycles. The highest BCUT2D eigenvalue weighted by Gasteiger charge is 2.42. The van der Waals surface area contributed by atoms with E-state index in [2.05, 4.69) is 0 Å². The molecule has 6 nitrogen and oxygen atoms in total. The van der Waals surface area contributed by atoms with Gasteiger partial charge in [0.2, 0.25) is 0 Å². The van der Waals surface area contributed by atoms with Crippen molar-refractivity contribution in [2.24, 2.45) is 0 Å². The molecule has 1 fully saturated rings. The quantitative estimate of drug-likeness (QED) is 0.466. The molecule has 94 valence electrons. The van der Waals surface area contributed by atoms with E-state index in [0.717, 1.165) is 0 Å². The number of halogens is 1. The normalized spacial score (nSPS) is 15.8. The number of urea groups is 1. The molecule has 0 aliphatic carbocycles. The lowest BCUT2D eigenvalue weighted by molar-refractivity contribution is -0.143. The zero-order valence-corrected chi connectivity index (χ0v) is 9.51. The van der Waals surface area contributed by atoms with Crippen LogP contribution in [0.15, 0.2) is 18.2 Å². The molecule has 0 radical (unpaired) electrons. The average Bonchev–Trinajstić information content (AvgIpc) is 2.52. The lowest BCUT2D eigenvalue weighted by atomic mass is 10.2. The number of likely N-dealkylation sites (N-methyl/N-ethyl adjacent to an activating group) is 1. The van der Waals surface area contributed by atoms with Crippen molar-refractivity contribution in [2.75, 3.05) is 12.8 Å². The number of benzene rings is 1. The van der Waals surface area contributed by atoms with Gasteiger partial charge in [0.1, 0.15) is 0 Å². The first-order valence-electron chi connectivity index (χ1n) is 5.10. The molecule has 0 unspecified atom stereocenters. The Morgan fingerprint density at radius 2 is 1.89 bits per heavy atom. The van der Waals surface area contributed by atoms with Gasteiger partial charge in [-0.05, 0) is 6.07 Å². The highest BCUT2D eigenvalue weighted by atomic mass is 19.1. The number of rotatable bonds is 2. The summed E-state index contributed by atoms with van der Waals surface area (Å²) in [5, 5.41) is 0. The molecule has 1 aromatic rings. The molecule has 7 heteroatoms. The van der Waals surface area contributed by atoms with Crippen molar-refractivity contribution < 1.29 is 18.8 Å². The molecule has 1 heterocycles. The highest BCUT2D eigenvalue weighted by Crippen LogP contribution is 2.19. The van der Waals surface area contributed by atoms with Gasteiger partial charge in [0.05, 0.1) is 12.2 Å². The van der Waals surface area contributed by atoms with Gasteiger partial charge in [0.15, 0.2) is 5.82 Å². The summed E-state index contributed by atoms with van der Waals surface area (Å²) in [6.45, 7) is -0.315. The Hall–Kier alpha value is -2.44. The lowest BCUT2D eigenvalue weighted by Crippen LogP contribution is -2.31. The first-order chi connectivity index (χ1) is 8.43. The summed E-state index contributed by atoms with van der Waals surface area (Å²) in [5.41, 5.74) is 5.38. The van der Waals surface area contributed by atoms with E-state index in [1.54, 1.807) is 0 Å². The second-order valence-corrected chi connectivity index (χ2v) is 3.86. The monoisotopic (exact) mass is 251 g/mol. The van der Waals surface area contributed by atoms with Crippen LogP contribution in [0.1, 0.15) is 5.56 Å². The van der Waals surface area contributed by atoms with Crippen molar-refractivity contribution >= 4 is 23.5 Å². The molecule has 1 aliphatic rings. The van der Waals surface area contributed by atoms with E-state index in [1.165, 1.54) is 25.2 Å². The highest BCUT2D eigenvalue weighted by molar-refractivity contribution is 6.44. The van der Waals surface area contributed by atoms with Crippen molar-refractivity contribution in [1.82, 2.24) is 9.80 Å². The van der Waals surface area contributed by atoms with Crippen molar-refractivity contribution in [2.45, 2.75) is 6.54 Å². The number of amides is 4. The Labute approximate surface area is 102 Å². The van der Waals surface area contributed by atoms with E-state index in [9.17, 15) is 18.8 Å². The van der Waals surface area contributed by atoms with Gasteiger partial charge in [-0.1, -0.05) is 12.1 Å². The van der Waals surface area contributed by atoms with E-state index >= 15 is 0 Å². The van der Waals surface area contributed by atoms with Crippen LogP contribution in [0.2, 0.25) is 0 Å². The Morgan fingerprint density at radius 3 is 2.44 bits per heavy atom. The molecule has 0 bridgehead atoms. The Bertz CT molecular complexity index is 558. The van der Waals surface area contributed by atoms with Crippen LogP contribution in [-0.2, 0) is 16.1 Å². The third-order valence-corrected chi connectivity index (χ3v) is 2.69. The van der Waals surface area contributed by atoms with Gasteiger partial charge in [0.25, 0.3) is 0 Å². The number of anilines is 1.